The summed E-state index contributed by atoms with van der Waals surface area (Å²) in [7, 11) is 0. The van der Waals surface area contributed by atoms with E-state index in [-0.39, 0.29) is 12.0 Å². The summed E-state index contributed by atoms with van der Waals surface area (Å²) in [4.78, 5) is 7.31. The quantitative estimate of drug-likeness (QED) is 0.732. The fourth-order valence-electron chi connectivity index (χ4n) is 2.35. The molecule has 0 bridgehead atoms. The maximum absolute atomic E-state index is 10.0. The molecule has 0 amide bonds. The molecule has 2 N–H and O–H groups in total. The minimum atomic E-state index is -0.353. The van der Waals surface area contributed by atoms with E-state index in [1.54, 1.807) is 12.4 Å². The van der Waals surface area contributed by atoms with E-state index < -0.39 is 0 Å². The predicted octanol–water partition coefficient (Wildman–Crippen LogP) is 1.46. The zero-order chi connectivity index (χ0) is 10.3. The number of nitrogens with one attached hydrogen (secondary N) is 1. The molecule has 76 valence electrons. The Bertz CT molecular complexity index is 464. The molecule has 1 aliphatic carbocycles. The summed E-state index contributed by atoms with van der Waals surface area (Å²) in [6.45, 7) is 0. The van der Waals surface area contributed by atoms with Gasteiger partial charge >= 0.3 is 0 Å². The number of aromatic nitrogens is 2. The van der Waals surface area contributed by atoms with Crippen molar-refractivity contribution in [3.8, 4) is 0 Å². The van der Waals surface area contributed by atoms with Crippen LogP contribution < -0.4 is 0 Å². The minimum absolute atomic E-state index is 0.0104. The largest absolute Gasteiger partial charge is 0.392 e. The van der Waals surface area contributed by atoms with E-state index in [9.17, 15) is 5.11 Å². The van der Waals surface area contributed by atoms with Crippen LogP contribution in [0.15, 0.2) is 36.7 Å². The van der Waals surface area contributed by atoms with Crippen LogP contribution in [0.3, 0.4) is 0 Å². The van der Waals surface area contributed by atoms with Gasteiger partial charge in [0.1, 0.15) is 5.82 Å². The van der Waals surface area contributed by atoms with E-state index in [2.05, 4.69) is 22.1 Å². The van der Waals surface area contributed by atoms with Crippen LogP contribution in [-0.4, -0.2) is 21.2 Å². The molecule has 1 aromatic heterocycles. The lowest BCUT2D eigenvalue weighted by Gasteiger charge is -2.12. The summed E-state index contributed by atoms with van der Waals surface area (Å²) in [6.07, 6.45) is 3.89. The van der Waals surface area contributed by atoms with Crippen molar-refractivity contribution in [1.29, 1.82) is 0 Å². The molecule has 1 aliphatic rings. The molecule has 0 radical (unpaired) electrons. The zero-order valence-corrected chi connectivity index (χ0v) is 8.22. The number of fused-ring (bicyclic) bond motifs is 1. The van der Waals surface area contributed by atoms with Gasteiger partial charge in [-0.05, 0) is 17.5 Å². The highest BCUT2D eigenvalue weighted by Gasteiger charge is 2.33. The van der Waals surface area contributed by atoms with Crippen LogP contribution in [0, 0.1) is 0 Å². The average Bonchev–Trinajstić information content (AvgIpc) is 2.82. The maximum atomic E-state index is 10.0. The van der Waals surface area contributed by atoms with E-state index in [4.69, 9.17) is 0 Å². The van der Waals surface area contributed by atoms with Crippen molar-refractivity contribution in [3.05, 3.63) is 53.6 Å². The molecule has 2 aromatic rings. The number of hydrogen-bond donors (Lipinski definition) is 2. The Kier molecular flexibility index (Phi) is 1.86. The number of aromatic amines is 1. The van der Waals surface area contributed by atoms with Gasteiger partial charge in [-0.1, -0.05) is 24.3 Å². The summed E-state index contributed by atoms with van der Waals surface area (Å²) in [5, 5.41) is 10.0. The fraction of sp³-hybridized carbons (Fsp3) is 0.250. The molecule has 0 fully saturated rings. The first-order valence-corrected chi connectivity index (χ1v) is 5.11. The van der Waals surface area contributed by atoms with E-state index in [1.807, 2.05) is 12.1 Å². The first-order chi connectivity index (χ1) is 7.36. The highest BCUT2D eigenvalue weighted by atomic mass is 16.3. The van der Waals surface area contributed by atoms with Crippen molar-refractivity contribution >= 4 is 0 Å². The lowest BCUT2D eigenvalue weighted by Crippen LogP contribution is -2.15. The van der Waals surface area contributed by atoms with Gasteiger partial charge in [0.2, 0.25) is 0 Å². The third-order valence-electron chi connectivity index (χ3n) is 3.02. The number of hydrogen-bond acceptors (Lipinski definition) is 2. The van der Waals surface area contributed by atoms with Crippen molar-refractivity contribution in [2.24, 2.45) is 0 Å². The molecular weight excluding hydrogens is 188 g/mol. The minimum Gasteiger partial charge on any atom is -0.392 e. The third-order valence-corrected chi connectivity index (χ3v) is 3.02. The molecule has 0 spiro atoms. The van der Waals surface area contributed by atoms with Crippen molar-refractivity contribution < 1.29 is 5.11 Å². The summed E-state index contributed by atoms with van der Waals surface area (Å²) in [6, 6.07) is 8.16. The molecule has 2 atom stereocenters. The van der Waals surface area contributed by atoms with Crippen LogP contribution in [0.2, 0.25) is 0 Å². The summed E-state index contributed by atoms with van der Waals surface area (Å²) in [5.74, 6) is 0.864. The monoisotopic (exact) mass is 200 g/mol. The number of aliphatic hydroxyl groups excluding tert-OH is 1. The van der Waals surface area contributed by atoms with Gasteiger partial charge in [-0.2, -0.15) is 0 Å². The normalized spacial score (nSPS) is 24.1. The molecular formula is C12H12N2O. The highest BCUT2D eigenvalue weighted by molar-refractivity contribution is 5.40. The molecule has 3 heteroatoms. The second-order valence-electron chi connectivity index (χ2n) is 3.92. The second kappa shape index (κ2) is 3.21. The van der Waals surface area contributed by atoms with Crippen LogP contribution in [-0.2, 0) is 6.42 Å². The smallest absolute Gasteiger partial charge is 0.116 e. The van der Waals surface area contributed by atoms with Gasteiger partial charge < -0.3 is 10.1 Å². The Hall–Kier alpha value is -1.61. The molecule has 0 aliphatic heterocycles. The maximum Gasteiger partial charge on any atom is 0.116 e. The lowest BCUT2D eigenvalue weighted by molar-refractivity contribution is 0.167. The fourth-order valence-corrected chi connectivity index (χ4v) is 2.35. The van der Waals surface area contributed by atoms with Crippen LogP contribution >= 0.6 is 0 Å². The van der Waals surface area contributed by atoms with Crippen LogP contribution in [0.25, 0.3) is 0 Å². The first-order valence-electron chi connectivity index (χ1n) is 5.11. The van der Waals surface area contributed by atoms with Gasteiger partial charge in [0.05, 0.1) is 12.0 Å². The van der Waals surface area contributed by atoms with Crippen LogP contribution in [0.4, 0.5) is 0 Å². The number of imidazole rings is 1. The first kappa shape index (κ1) is 8.68. The standard InChI is InChI=1S/C12H12N2O/c15-10-7-8-3-1-2-4-9(8)11(10)12-13-5-6-14-12/h1-6,10-11,15H,7H2,(H,13,14)/t10-,11-/m0/s1. The number of rotatable bonds is 1. The molecule has 0 saturated heterocycles. The third kappa shape index (κ3) is 1.27. The van der Waals surface area contributed by atoms with Gasteiger partial charge in [0, 0.05) is 12.4 Å². The van der Waals surface area contributed by atoms with Crippen LogP contribution in [0.1, 0.15) is 22.9 Å². The van der Waals surface area contributed by atoms with Gasteiger partial charge in [-0.15, -0.1) is 0 Å². The molecule has 1 heterocycles. The molecule has 1 aromatic carbocycles. The van der Waals surface area contributed by atoms with Crippen molar-refractivity contribution in [1.82, 2.24) is 9.97 Å². The summed E-state index contributed by atoms with van der Waals surface area (Å²) in [5.41, 5.74) is 2.42. The summed E-state index contributed by atoms with van der Waals surface area (Å²) >= 11 is 0. The number of benzene rings is 1. The Morgan fingerprint density at radius 2 is 2.20 bits per heavy atom. The number of H-pyrrole nitrogens is 1. The number of nitrogens with zero attached hydrogens (tertiary/aromatic N) is 1. The highest BCUT2D eigenvalue weighted by Crippen LogP contribution is 2.36. The van der Waals surface area contributed by atoms with Crippen molar-refractivity contribution in [2.75, 3.05) is 0 Å². The lowest BCUT2D eigenvalue weighted by atomic mass is 9.99. The Labute approximate surface area is 87.8 Å². The summed E-state index contributed by atoms with van der Waals surface area (Å²) < 4.78 is 0. The average molecular weight is 200 g/mol. The van der Waals surface area contributed by atoms with E-state index in [0.29, 0.717) is 0 Å². The van der Waals surface area contributed by atoms with E-state index in [0.717, 1.165) is 12.2 Å². The van der Waals surface area contributed by atoms with Crippen LogP contribution in [0.5, 0.6) is 0 Å². The Morgan fingerprint density at radius 3 is 3.00 bits per heavy atom. The molecule has 3 nitrogen and oxygen atoms in total. The topological polar surface area (TPSA) is 48.9 Å². The van der Waals surface area contributed by atoms with Gasteiger partial charge in [-0.3, -0.25) is 0 Å². The molecule has 15 heavy (non-hydrogen) atoms. The van der Waals surface area contributed by atoms with Gasteiger partial charge in [0.25, 0.3) is 0 Å². The van der Waals surface area contributed by atoms with E-state index in [1.165, 1.54) is 11.1 Å². The van der Waals surface area contributed by atoms with Crippen molar-refractivity contribution in [3.63, 3.8) is 0 Å². The SMILES string of the molecule is O[C@H]1Cc2ccccc2[C@@H]1c1ncc[nH]1. The Morgan fingerprint density at radius 1 is 1.33 bits per heavy atom. The van der Waals surface area contributed by atoms with Gasteiger partial charge in [0.15, 0.2) is 0 Å². The second-order valence-corrected chi connectivity index (χ2v) is 3.92. The predicted molar refractivity (Wildman–Crippen MR) is 56.6 cm³/mol. The Balaban J connectivity index is 2.10. The molecule has 0 saturated carbocycles. The van der Waals surface area contributed by atoms with E-state index >= 15 is 0 Å². The van der Waals surface area contributed by atoms with Gasteiger partial charge in [-0.25, -0.2) is 4.98 Å². The molecule has 0 unspecified atom stereocenters. The van der Waals surface area contributed by atoms with Crippen molar-refractivity contribution in [2.45, 2.75) is 18.4 Å². The zero-order valence-electron chi connectivity index (χ0n) is 8.22. The number of aliphatic hydroxyl groups is 1. The molecule has 3 rings (SSSR count).